The summed E-state index contributed by atoms with van der Waals surface area (Å²) in [6, 6.07) is 0. The van der Waals surface area contributed by atoms with Gasteiger partial charge in [-0.15, -0.1) is 0 Å². The van der Waals surface area contributed by atoms with Crippen molar-refractivity contribution in [3.63, 3.8) is 0 Å². The van der Waals surface area contributed by atoms with Crippen LogP contribution in [-0.4, -0.2) is 96.7 Å². The second-order valence-electron chi connectivity index (χ2n) is 25.9. The van der Waals surface area contributed by atoms with Crippen molar-refractivity contribution < 1.29 is 80.2 Å². The first kappa shape index (κ1) is 102. The first-order valence-corrected chi connectivity index (χ1v) is 43.3. The van der Waals surface area contributed by atoms with E-state index in [1.165, 1.54) is 25.7 Å². The number of phosphoric acid groups is 2. The number of aliphatic hydroxyl groups excluding tert-OH is 1. The highest BCUT2D eigenvalue weighted by Crippen LogP contribution is 2.45. The van der Waals surface area contributed by atoms with Crippen LogP contribution >= 0.6 is 15.6 Å². The molecule has 0 fully saturated rings. The summed E-state index contributed by atoms with van der Waals surface area (Å²) in [5, 5.41) is 10.6. The smallest absolute Gasteiger partial charge is 0.462 e. The summed E-state index contributed by atoms with van der Waals surface area (Å²) in [4.78, 5) is 73.0. The average molecular weight is 1540 g/mol. The molecule has 0 saturated carbocycles. The Morgan fingerprint density at radius 2 is 0.509 bits per heavy atom. The molecule has 608 valence electrons. The van der Waals surface area contributed by atoms with E-state index in [0.717, 1.165) is 154 Å². The maximum absolute atomic E-state index is 13.1. The van der Waals surface area contributed by atoms with Gasteiger partial charge in [0.15, 0.2) is 12.2 Å². The number of allylic oxidation sites excluding steroid dienone is 34. The van der Waals surface area contributed by atoms with Crippen molar-refractivity contribution in [2.45, 2.75) is 290 Å². The van der Waals surface area contributed by atoms with E-state index in [1.807, 2.05) is 30.4 Å². The van der Waals surface area contributed by atoms with Gasteiger partial charge in [-0.2, -0.15) is 0 Å². The molecule has 0 aliphatic rings. The van der Waals surface area contributed by atoms with E-state index in [0.29, 0.717) is 38.5 Å². The number of ether oxygens (including phenoxy) is 4. The zero-order chi connectivity index (χ0) is 78.9. The predicted octanol–water partition coefficient (Wildman–Crippen LogP) is 23.9. The molecule has 0 radical (unpaired) electrons. The highest BCUT2D eigenvalue weighted by atomic mass is 31.2. The van der Waals surface area contributed by atoms with Crippen LogP contribution in [-0.2, 0) is 65.4 Å². The van der Waals surface area contributed by atoms with Gasteiger partial charge in [0.25, 0.3) is 0 Å². The third-order valence-corrected chi connectivity index (χ3v) is 17.6. The Hall–Kier alpha value is -6.36. The zero-order valence-corrected chi connectivity index (χ0v) is 68.2. The molecular formula is C89H140O17P2. The molecule has 0 aliphatic carbocycles. The predicted molar refractivity (Wildman–Crippen MR) is 445 cm³/mol. The van der Waals surface area contributed by atoms with Gasteiger partial charge in [-0.25, -0.2) is 9.13 Å². The minimum Gasteiger partial charge on any atom is -0.462 e. The normalized spacial score (nSPS) is 14.9. The van der Waals surface area contributed by atoms with E-state index in [1.54, 1.807) is 0 Å². The third kappa shape index (κ3) is 77.8. The molecule has 0 aromatic carbocycles. The van der Waals surface area contributed by atoms with Gasteiger partial charge in [0.2, 0.25) is 0 Å². The quantitative estimate of drug-likeness (QED) is 0.0169. The van der Waals surface area contributed by atoms with Crippen LogP contribution in [0.3, 0.4) is 0 Å². The lowest BCUT2D eigenvalue weighted by Crippen LogP contribution is -2.30. The Morgan fingerprint density at radius 3 is 0.852 bits per heavy atom. The summed E-state index contributed by atoms with van der Waals surface area (Å²) in [5.74, 6) is -2.41. The minimum atomic E-state index is -5.02. The van der Waals surface area contributed by atoms with E-state index in [4.69, 9.17) is 37.0 Å². The van der Waals surface area contributed by atoms with Crippen molar-refractivity contribution in [2.24, 2.45) is 0 Å². The van der Waals surface area contributed by atoms with E-state index < -0.39 is 97.5 Å². The van der Waals surface area contributed by atoms with Crippen LogP contribution in [0, 0.1) is 0 Å². The van der Waals surface area contributed by atoms with Crippen molar-refractivity contribution in [1.29, 1.82) is 0 Å². The first-order valence-electron chi connectivity index (χ1n) is 40.3. The van der Waals surface area contributed by atoms with Crippen LogP contribution in [0.5, 0.6) is 0 Å². The number of carbonyl (C=O) groups is 4. The molecule has 0 spiro atoms. The molecule has 0 aromatic heterocycles. The van der Waals surface area contributed by atoms with Crippen LogP contribution in [0.4, 0.5) is 0 Å². The summed E-state index contributed by atoms with van der Waals surface area (Å²) >= 11 is 0. The molecule has 0 saturated heterocycles. The molecule has 0 amide bonds. The SMILES string of the molecule is CC/C=C\C/C=C\C/C=C\C/C=C\C/C=C\C/C=C\CCC(=O)OCC(COP(=O)(O)OCC(O)COP(=O)(O)OCC(COC(=O)CCCCC/C=C\C/C=C\C/C=C\C/C=C\C/C=C\CC)OC(=O)CCC/C=C\C/C=C\C/C=C\C/C=C\C/C=C\CC)OC(=O)CCCCCCC/C=C\CCCCCC. The topological polar surface area (TPSA) is 237 Å². The first-order chi connectivity index (χ1) is 52.7. The summed E-state index contributed by atoms with van der Waals surface area (Å²) in [7, 11) is -10.0. The van der Waals surface area contributed by atoms with Gasteiger partial charge in [-0.05, 0) is 173 Å². The Balaban J connectivity index is 5.53. The number of rotatable bonds is 73. The Bertz CT molecular complexity index is 2860. The molecule has 5 atom stereocenters. The number of hydrogen-bond acceptors (Lipinski definition) is 15. The van der Waals surface area contributed by atoms with Crippen molar-refractivity contribution in [3.05, 3.63) is 207 Å². The fourth-order valence-corrected chi connectivity index (χ4v) is 11.3. The molecule has 5 unspecified atom stereocenters. The Labute approximate surface area is 652 Å². The monoisotopic (exact) mass is 1540 g/mol. The van der Waals surface area contributed by atoms with Gasteiger partial charge in [0, 0.05) is 25.7 Å². The van der Waals surface area contributed by atoms with Crippen LogP contribution in [0.15, 0.2) is 207 Å². The van der Waals surface area contributed by atoms with Crippen LogP contribution < -0.4 is 0 Å². The maximum Gasteiger partial charge on any atom is 0.472 e. The number of unbranched alkanes of at least 4 members (excludes halogenated alkanes) is 13. The highest BCUT2D eigenvalue weighted by Gasteiger charge is 2.30. The minimum absolute atomic E-state index is 0.00176. The van der Waals surface area contributed by atoms with Crippen LogP contribution in [0.25, 0.3) is 0 Å². The largest absolute Gasteiger partial charge is 0.472 e. The molecular weight excluding hydrogens is 1400 g/mol. The van der Waals surface area contributed by atoms with Gasteiger partial charge in [0.05, 0.1) is 26.4 Å². The fraction of sp³-hybridized carbons (Fsp3) is 0.573. The lowest BCUT2D eigenvalue weighted by Gasteiger charge is -2.21. The molecule has 0 rings (SSSR count). The van der Waals surface area contributed by atoms with Crippen molar-refractivity contribution in [2.75, 3.05) is 39.6 Å². The lowest BCUT2D eigenvalue weighted by molar-refractivity contribution is -0.161. The maximum atomic E-state index is 13.1. The van der Waals surface area contributed by atoms with E-state index in [9.17, 15) is 43.2 Å². The summed E-state index contributed by atoms with van der Waals surface area (Å²) in [5.41, 5.74) is 0. The molecule has 0 heterocycles. The van der Waals surface area contributed by atoms with Gasteiger partial charge < -0.3 is 33.8 Å². The zero-order valence-electron chi connectivity index (χ0n) is 66.4. The fourth-order valence-electron chi connectivity index (χ4n) is 9.71. The van der Waals surface area contributed by atoms with E-state index in [2.05, 4.69) is 204 Å². The van der Waals surface area contributed by atoms with Gasteiger partial charge in [0.1, 0.15) is 19.3 Å². The molecule has 19 heteroatoms. The number of hydrogen-bond donors (Lipinski definition) is 3. The second kappa shape index (κ2) is 78.8. The molecule has 17 nitrogen and oxygen atoms in total. The number of phosphoric ester groups is 2. The number of esters is 4. The van der Waals surface area contributed by atoms with Crippen LogP contribution in [0.2, 0.25) is 0 Å². The highest BCUT2D eigenvalue weighted by molar-refractivity contribution is 7.47. The molecule has 108 heavy (non-hydrogen) atoms. The lowest BCUT2D eigenvalue weighted by atomic mass is 10.1. The van der Waals surface area contributed by atoms with Gasteiger partial charge in [-0.1, -0.05) is 279 Å². The average Bonchev–Trinajstić information content (AvgIpc) is 0.916. The van der Waals surface area contributed by atoms with Crippen molar-refractivity contribution in [3.8, 4) is 0 Å². The van der Waals surface area contributed by atoms with Crippen molar-refractivity contribution in [1.82, 2.24) is 0 Å². The Kier molecular flexibility index (Phi) is 74.1. The second-order valence-corrected chi connectivity index (χ2v) is 28.8. The third-order valence-electron chi connectivity index (χ3n) is 15.7. The number of aliphatic hydroxyl groups is 1. The summed E-state index contributed by atoms with van der Waals surface area (Å²) in [6.07, 6.45) is 98.3. The van der Waals surface area contributed by atoms with Crippen molar-refractivity contribution >= 4 is 39.5 Å². The molecule has 3 N–H and O–H groups in total. The molecule has 0 aromatic rings. The molecule has 0 aliphatic heterocycles. The van der Waals surface area contributed by atoms with Gasteiger partial charge >= 0.3 is 39.5 Å². The van der Waals surface area contributed by atoms with Crippen LogP contribution in [0.1, 0.15) is 272 Å². The molecule has 0 bridgehead atoms. The van der Waals surface area contributed by atoms with Gasteiger partial charge in [-0.3, -0.25) is 37.3 Å². The Morgan fingerprint density at radius 1 is 0.269 bits per heavy atom. The summed E-state index contributed by atoms with van der Waals surface area (Å²) in [6.45, 7) is 4.28. The van der Waals surface area contributed by atoms with E-state index >= 15 is 0 Å². The summed E-state index contributed by atoms with van der Waals surface area (Å²) < 4.78 is 68.5. The van der Waals surface area contributed by atoms with E-state index in [-0.39, 0.29) is 25.7 Å². The number of carbonyl (C=O) groups excluding carboxylic acids is 4. The standard InChI is InChI=1S/C89H140O17P2/c1-5-9-13-17-21-25-29-33-36-39-41-44-46-50-53-57-61-65-69-73-86(91)99-79-84(105-88(93)75-71-67-63-59-55-49-32-28-24-20-16-12-8-4)81-103-107(95,96)101-77-83(90)78-102-108(97,98)104-82-85(106-89(94)76-72-68-64-60-56-52-48-43-38-35-31-27-23-19-15-11-7-3)80-100-87(92)74-70-66-62-58-54-51-47-45-42-40-37-34-30-26-22-18-14-10-6-2/h9-11,13-15,21-23,25-28,32-38,41-42,44-45,48,50-54,60-61,64-65,83-85,90H,5-8,12,16-20,24,29-31,39-40,43,46-47,49,55-59,62-63,66-82H2,1-4H3,(H,95,96)(H,97,98)/b13-9-,14-10-,15-11-,25-21-,26-22-,27-23-,32-28-,36-33-,37-34-,38-35-,44-41-,45-42-,52-48-,53-50-,54-51-,64-60-,65-61-.